The van der Waals surface area contributed by atoms with Crippen molar-refractivity contribution >= 4 is 17.4 Å². The van der Waals surface area contributed by atoms with Crippen LogP contribution in [0.3, 0.4) is 0 Å². The number of amides is 2. The van der Waals surface area contributed by atoms with Crippen molar-refractivity contribution in [2.45, 2.75) is 51.4 Å². The van der Waals surface area contributed by atoms with Gasteiger partial charge in [-0.05, 0) is 62.9 Å². The second-order valence-electron chi connectivity index (χ2n) is 9.00. The molecular formula is C25H35N5O2. The Morgan fingerprint density at radius 1 is 1.06 bits per heavy atom. The van der Waals surface area contributed by atoms with Crippen molar-refractivity contribution in [3.05, 3.63) is 54.4 Å². The smallest absolute Gasteiger partial charge is 0.319 e. The molecule has 0 radical (unpaired) electrons. The SMILES string of the molecule is CC1CN(c2ccccc2NC(=O)NC2CCN(CCc3ccncc3)CC2)CC(C)O1. The number of carbonyl (C=O) groups is 1. The molecule has 2 atom stereocenters. The molecule has 2 N–H and O–H groups in total. The van der Waals surface area contributed by atoms with Gasteiger partial charge in [0.15, 0.2) is 0 Å². The van der Waals surface area contributed by atoms with Crippen LogP contribution in [0.1, 0.15) is 32.3 Å². The second-order valence-corrected chi connectivity index (χ2v) is 9.00. The van der Waals surface area contributed by atoms with Gasteiger partial charge in [0.2, 0.25) is 0 Å². The molecule has 0 spiro atoms. The normalized spacial score (nSPS) is 22.5. The first-order chi connectivity index (χ1) is 15.6. The number of hydrogen-bond donors (Lipinski definition) is 2. The van der Waals surface area contributed by atoms with Gasteiger partial charge in [-0.25, -0.2) is 4.79 Å². The van der Waals surface area contributed by atoms with Crippen molar-refractivity contribution in [1.82, 2.24) is 15.2 Å². The van der Waals surface area contributed by atoms with Crippen molar-refractivity contribution in [3.8, 4) is 0 Å². The van der Waals surface area contributed by atoms with E-state index in [1.165, 1.54) is 5.56 Å². The molecule has 2 aliphatic heterocycles. The number of pyridine rings is 1. The van der Waals surface area contributed by atoms with Crippen molar-refractivity contribution in [3.63, 3.8) is 0 Å². The number of hydrogen-bond acceptors (Lipinski definition) is 5. The molecule has 2 amide bonds. The molecule has 3 heterocycles. The lowest BCUT2D eigenvalue weighted by Gasteiger charge is -2.37. The number of morpholine rings is 1. The average Bonchev–Trinajstić information content (AvgIpc) is 2.79. The van der Waals surface area contributed by atoms with Gasteiger partial charge in [0.25, 0.3) is 0 Å². The number of ether oxygens (including phenoxy) is 1. The molecule has 1 aromatic carbocycles. The van der Waals surface area contributed by atoms with Gasteiger partial charge in [0.05, 0.1) is 23.6 Å². The number of aromatic nitrogens is 1. The number of likely N-dealkylation sites (tertiary alicyclic amines) is 1. The Balaban J connectivity index is 1.25. The predicted octanol–water partition coefficient (Wildman–Crippen LogP) is 3.52. The van der Waals surface area contributed by atoms with Gasteiger partial charge in [0.1, 0.15) is 0 Å². The molecule has 0 aliphatic carbocycles. The van der Waals surface area contributed by atoms with Crippen LogP contribution in [-0.4, -0.2) is 66.9 Å². The maximum absolute atomic E-state index is 12.8. The summed E-state index contributed by atoms with van der Waals surface area (Å²) in [6.45, 7) is 8.90. The van der Waals surface area contributed by atoms with Crippen LogP contribution in [-0.2, 0) is 11.2 Å². The van der Waals surface area contributed by atoms with E-state index in [4.69, 9.17) is 4.74 Å². The summed E-state index contributed by atoms with van der Waals surface area (Å²) in [5, 5.41) is 6.27. The summed E-state index contributed by atoms with van der Waals surface area (Å²) in [6, 6.07) is 12.3. The molecule has 2 fully saturated rings. The summed E-state index contributed by atoms with van der Waals surface area (Å²) >= 11 is 0. The van der Waals surface area contributed by atoms with Crippen LogP contribution in [0.5, 0.6) is 0 Å². The Hall–Kier alpha value is -2.64. The van der Waals surface area contributed by atoms with Crippen LogP contribution in [0.2, 0.25) is 0 Å². The van der Waals surface area contributed by atoms with Crippen molar-refractivity contribution in [2.24, 2.45) is 0 Å². The van der Waals surface area contributed by atoms with Crippen LogP contribution in [0.25, 0.3) is 0 Å². The fourth-order valence-corrected chi connectivity index (χ4v) is 4.71. The van der Waals surface area contributed by atoms with Crippen LogP contribution in [0, 0.1) is 0 Å². The average molecular weight is 438 g/mol. The number of piperidine rings is 1. The maximum atomic E-state index is 12.8. The molecule has 1 aromatic heterocycles. The molecule has 2 saturated heterocycles. The van der Waals surface area contributed by atoms with Gasteiger partial charge in [-0.15, -0.1) is 0 Å². The number of nitrogens with zero attached hydrogens (tertiary/aromatic N) is 3. The highest BCUT2D eigenvalue weighted by Crippen LogP contribution is 2.28. The van der Waals surface area contributed by atoms with Gasteiger partial charge in [0, 0.05) is 51.2 Å². The number of rotatable bonds is 6. The maximum Gasteiger partial charge on any atom is 0.319 e. The lowest BCUT2D eigenvalue weighted by molar-refractivity contribution is -0.00517. The number of anilines is 2. The van der Waals surface area contributed by atoms with Gasteiger partial charge in [-0.3, -0.25) is 4.98 Å². The molecule has 2 unspecified atom stereocenters. The first-order valence-electron chi connectivity index (χ1n) is 11.7. The zero-order valence-electron chi connectivity index (χ0n) is 19.2. The minimum Gasteiger partial charge on any atom is -0.372 e. The third-order valence-electron chi connectivity index (χ3n) is 6.30. The van der Waals surface area contributed by atoms with E-state index in [1.54, 1.807) is 0 Å². The third kappa shape index (κ3) is 6.20. The number of benzene rings is 1. The van der Waals surface area contributed by atoms with E-state index in [1.807, 2.05) is 30.6 Å². The molecule has 0 saturated carbocycles. The zero-order valence-corrected chi connectivity index (χ0v) is 19.2. The molecule has 32 heavy (non-hydrogen) atoms. The third-order valence-corrected chi connectivity index (χ3v) is 6.30. The monoisotopic (exact) mass is 437 g/mol. The van der Waals surface area contributed by atoms with Gasteiger partial charge >= 0.3 is 6.03 Å². The molecule has 0 bridgehead atoms. The van der Waals surface area contributed by atoms with Crippen LogP contribution in [0.4, 0.5) is 16.2 Å². The minimum absolute atomic E-state index is 0.123. The van der Waals surface area contributed by atoms with Crippen LogP contribution >= 0.6 is 0 Å². The molecule has 4 rings (SSSR count). The van der Waals surface area contributed by atoms with Crippen LogP contribution < -0.4 is 15.5 Å². The number of nitrogens with one attached hydrogen (secondary N) is 2. The van der Waals surface area contributed by atoms with E-state index in [0.717, 1.165) is 63.4 Å². The number of carbonyl (C=O) groups excluding carboxylic acids is 1. The molecule has 172 valence electrons. The Kier molecular flexibility index (Phi) is 7.60. The standard InChI is InChI=1S/C25H35N5O2/c1-19-17-30(18-20(2)32-19)24-6-4-3-5-23(24)28-25(31)27-22-10-15-29(16-11-22)14-9-21-7-12-26-13-8-21/h3-8,12-13,19-20,22H,9-11,14-18H2,1-2H3,(H2,27,28,31). The van der Waals surface area contributed by atoms with Crippen molar-refractivity contribution in [1.29, 1.82) is 0 Å². The molecular weight excluding hydrogens is 402 g/mol. The van der Waals surface area contributed by atoms with E-state index in [2.05, 4.69) is 57.5 Å². The van der Waals surface area contributed by atoms with E-state index in [9.17, 15) is 4.79 Å². The van der Waals surface area contributed by atoms with E-state index >= 15 is 0 Å². The topological polar surface area (TPSA) is 69.7 Å². The molecule has 2 aromatic rings. The fraction of sp³-hybridized carbons (Fsp3) is 0.520. The summed E-state index contributed by atoms with van der Waals surface area (Å²) in [4.78, 5) is 21.6. The number of para-hydroxylation sites is 2. The van der Waals surface area contributed by atoms with E-state index in [0.29, 0.717) is 0 Å². The highest BCUT2D eigenvalue weighted by atomic mass is 16.5. The predicted molar refractivity (Wildman–Crippen MR) is 128 cm³/mol. The first kappa shape index (κ1) is 22.6. The Bertz CT molecular complexity index is 860. The summed E-state index contributed by atoms with van der Waals surface area (Å²) < 4.78 is 5.86. The summed E-state index contributed by atoms with van der Waals surface area (Å²) in [5.74, 6) is 0. The largest absolute Gasteiger partial charge is 0.372 e. The lowest BCUT2D eigenvalue weighted by atomic mass is 10.0. The number of urea groups is 1. The summed E-state index contributed by atoms with van der Waals surface area (Å²) in [7, 11) is 0. The van der Waals surface area contributed by atoms with Crippen molar-refractivity contribution in [2.75, 3.05) is 42.9 Å². The fourth-order valence-electron chi connectivity index (χ4n) is 4.71. The van der Waals surface area contributed by atoms with E-state index < -0.39 is 0 Å². The zero-order chi connectivity index (χ0) is 22.3. The summed E-state index contributed by atoms with van der Waals surface area (Å²) in [6.07, 6.45) is 7.03. The van der Waals surface area contributed by atoms with Gasteiger partial charge in [-0.2, -0.15) is 0 Å². The van der Waals surface area contributed by atoms with Gasteiger partial charge < -0.3 is 25.2 Å². The quantitative estimate of drug-likeness (QED) is 0.724. The second kappa shape index (κ2) is 10.8. The summed E-state index contributed by atoms with van der Waals surface area (Å²) in [5.41, 5.74) is 3.22. The highest BCUT2D eigenvalue weighted by Gasteiger charge is 2.25. The Morgan fingerprint density at radius 3 is 2.47 bits per heavy atom. The molecule has 2 aliphatic rings. The first-order valence-corrected chi connectivity index (χ1v) is 11.7. The Morgan fingerprint density at radius 2 is 1.75 bits per heavy atom. The lowest BCUT2D eigenvalue weighted by Crippen LogP contribution is -2.47. The Labute approximate surface area is 191 Å². The minimum atomic E-state index is -0.123. The molecule has 7 nitrogen and oxygen atoms in total. The van der Waals surface area contributed by atoms with Gasteiger partial charge in [-0.1, -0.05) is 12.1 Å². The van der Waals surface area contributed by atoms with E-state index in [-0.39, 0.29) is 24.3 Å². The van der Waals surface area contributed by atoms with Crippen LogP contribution in [0.15, 0.2) is 48.8 Å². The van der Waals surface area contributed by atoms with Crippen molar-refractivity contribution < 1.29 is 9.53 Å². The molecule has 7 heteroatoms. The highest BCUT2D eigenvalue weighted by molar-refractivity contribution is 5.93.